The Labute approximate surface area is 179 Å². The van der Waals surface area contributed by atoms with E-state index < -0.39 is 10.0 Å². The molecule has 0 saturated carbocycles. The molecule has 164 valence electrons. The lowest BCUT2D eigenvalue weighted by Crippen LogP contribution is -2.27. The van der Waals surface area contributed by atoms with E-state index in [2.05, 4.69) is 26.2 Å². The van der Waals surface area contributed by atoms with Gasteiger partial charge in [-0.15, -0.1) is 0 Å². The molecule has 3 rings (SSSR count). The van der Waals surface area contributed by atoms with Gasteiger partial charge in [-0.3, -0.25) is 0 Å². The second-order valence-electron chi connectivity index (χ2n) is 7.84. The van der Waals surface area contributed by atoms with Crippen LogP contribution in [-0.4, -0.2) is 35.3 Å². The number of nitrogens with one attached hydrogen (secondary N) is 1. The van der Waals surface area contributed by atoms with Crippen molar-refractivity contribution in [2.24, 2.45) is 0 Å². The van der Waals surface area contributed by atoms with E-state index in [0.717, 1.165) is 55.1 Å². The SMILES string of the molecule is CCCCCCCCS(=O)(=O)NCCCCn1cnc2c(N)nc3ccccc3c21. The van der Waals surface area contributed by atoms with Gasteiger partial charge in [-0.05, 0) is 25.3 Å². The number of rotatable bonds is 13. The number of imidazole rings is 1. The summed E-state index contributed by atoms with van der Waals surface area (Å²) < 4.78 is 29.1. The molecule has 3 N–H and O–H groups in total. The van der Waals surface area contributed by atoms with Gasteiger partial charge >= 0.3 is 0 Å². The van der Waals surface area contributed by atoms with Crippen molar-refractivity contribution in [1.82, 2.24) is 19.3 Å². The lowest BCUT2D eigenvalue weighted by molar-refractivity contribution is 0.561. The molecule has 1 aromatic carbocycles. The molecule has 0 bridgehead atoms. The zero-order valence-electron chi connectivity index (χ0n) is 17.8. The molecule has 0 spiro atoms. The van der Waals surface area contributed by atoms with Crippen LogP contribution in [0.3, 0.4) is 0 Å². The van der Waals surface area contributed by atoms with Crippen molar-refractivity contribution in [3.05, 3.63) is 30.6 Å². The van der Waals surface area contributed by atoms with E-state index in [1.54, 1.807) is 6.33 Å². The number of hydrogen-bond donors (Lipinski definition) is 2. The highest BCUT2D eigenvalue weighted by atomic mass is 32.2. The largest absolute Gasteiger partial charge is 0.382 e. The molecule has 0 atom stereocenters. The van der Waals surface area contributed by atoms with E-state index in [1.165, 1.54) is 19.3 Å². The number of hydrogen-bond acceptors (Lipinski definition) is 5. The first-order valence-corrected chi connectivity index (χ1v) is 12.6. The molecule has 0 aliphatic carbocycles. The fourth-order valence-electron chi connectivity index (χ4n) is 3.76. The quantitative estimate of drug-likeness (QED) is 0.394. The van der Waals surface area contributed by atoms with Crippen molar-refractivity contribution in [3.63, 3.8) is 0 Å². The van der Waals surface area contributed by atoms with Crippen LogP contribution in [0.2, 0.25) is 0 Å². The van der Waals surface area contributed by atoms with E-state index in [4.69, 9.17) is 5.73 Å². The summed E-state index contributed by atoms with van der Waals surface area (Å²) >= 11 is 0. The Hall–Kier alpha value is -2.19. The smallest absolute Gasteiger partial charge is 0.211 e. The highest BCUT2D eigenvalue weighted by Gasteiger charge is 2.12. The van der Waals surface area contributed by atoms with Crippen LogP contribution < -0.4 is 10.5 Å². The minimum atomic E-state index is -3.17. The Morgan fingerprint density at radius 2 is 1.80 bits per heavy atom. The third-order valence-corrected chi connectivity index (χ3v) is 6.86. The van der Waals surface area contributed by atoms with Gasteiger partial charge in [0.05, 0.1) is 23.1 Å². The van der Waals surface area contributed by atoms with Gasteiger partial charge < -0.3 is 10.3 Å². The van der Waals surface area contributed by atoms with Gasteiger partial charge in [0.1, 0.15) is 5.52 Å². The van der Waals surface area contributed by atoms with Crippen molar-refractivity contribution in [2.45, 2.75) is 64.8 Å². The zero-order valence-corrected chi connectivity index (χ0v) is 18.6. The molecule has 7 nitrogen and oxygen atoms in total. The number of nitrogens with zero attached hydrogens (tertiary/aromatic N) is 3. The average Bonchev–Trinajstić information content (AvgIpc) is 3.15. The van der Waals surface area contributed by atoms with Gasteiger partial charge in [-0.1, -0.05) is 57.2 Å². The molecule has 0 fully saturated rings. The summed E-state index contributed by atoms with van der Waals surface area (Å²) in [7, 11) is -3.17. The number of para-hydroxylation sites is 1. The predicted molar refractivity (Wildman–Crippen MR) is 124 cm³/mol. The minimum absolute atomic E-state index is 0.226. The van der Waals surface area contributed by atoms with Gasteiger partial charge in [-0.2, -0.15) is 0 Å². The van der Waals surface area contributed by atoms with Crippen LogP contribution in [-0.2, 0) is 16.6 Å². The van der Waals surface area contributed by atoms with E-state index in [0.29, 0.717) is 17.9 Å². The maximum absolute atomic E-state index is 12.1. The number of sulfonamides is 1. The summed E-state index contributed by atoms with van der Waals surface area (Å²) in [5.41, 5.74) is 8.63. The second kappa shape index (κ2) is 10.7. The molecule has 0 saturated heterocycles. The molecular formula is C22H33N5O2S. The van der Waals surface area contributed by atoms with Gasteiger partial charge in [0.2, 0.25) is 10.0 Å². The van der Waals surface area contributed by atoms with Gasteiger partial charge in [-0.25, -0.2) is 23.1 Å². The van der Waals surface area contributed by atoms with Crippen LogP contribution in [0.1, 0.15) is 58.3 Å². The highest BCUT2D eigenvalue weighted by Crippen LogP contribution is 2.27. The zero-order chi connectivity index (χ0) is 21.4. The Kier molecular flexibility index (Phi) is 8.04. The molecule has 0 radical (unpaired) electrons. The molecule has 2 aromatic heterocycles. The van der Waals surface area contributed by atoms with E-state index in [-0.39, 0.29) is 5.75 Å². The first kappa shape index (κ1) is 22.5. The molecule has 30 heavy (non-hydrogen) atoms. The summed E-state index contributed by atoms with van der Waals surface area (Å²) in [6, 6.07) is 7.90. The van der Waals surface area contributed by atoms with Crippen LogP contribution in [0, 0.1) is 0 Å². The van der Waals surface area contributed by atoms with Crippen molar-refractivity contribution >= 4 is 37.8 Å². The van der Waals surface area contributed by atoms with Crippen LogP contribution in [0.4, 0.5) is 5.82 Å². The number of anilines is 1. The second-order valence-corrected chi connectivity index (χ2v) is 9.76. The number of aromatic nitrogens is 3. The van der Waals surface area contributed by atoms with Crippen LogP contribution in [0.5, 0.6) is 0 Å². The lowest BCUT2D eigenvalue weighted by Gasteiger charge is -2.09. The minimum Gasteiger partial charge on any atom is -0.382 e. The lowest BCUT2D eigenvalue weighted by atomic mass is 10.1. The summed E-state index contributed by atoms with van der Waals surface area (Å²) in [4.78, 5) is 8.86. The fourth-order valence-corrected chi connectivity index (χ4v) is 4.94. The maximum Gasteiger partial charge on any atom is 0.211 e. The molecule has 0 aliphatic rings. The van der Waals surface area contributed by atoms with Crippen molar-refractivity contribution in [2.75, 3.05) is 18.0 Å². The van der Waals surface area contributed by atoms with Gasteiger partial charge in [0.15, 0.2) is 5.82 Å². The number of nitrogens with two attached hydrogens (primary N) is 1. The Morgan fingerprint density at radius 3 is 2.63 bits per heavy atom. The van der Waals surface area contributed by atoms with Crippen LogP contribution in [0.15, 0.2) is 30.6 Å². The first-order chi connectivity index (χ1) is 14.5. The number of aryl methyl sites for hydroxylation is 1. The van der Waals surface area contributed by atoms with Crippen LogP contribution >= 0.6 is 0 Å². The Morgan fingerprint density at radius 1 is 1.03 bits per heavy atom. The summed E-state index contributed by atoms with van der Waals surface area (Å²) in [6.07, 6.45) is 9.89. The number of nitrogen functional groups attached to an aromatic ring is 1. The summed E-state index contributed by atoms with van der Waals surface area (Å²) in [6.45, 7) is 3.40. The van der Waals surface area contributed by atoms with E-state index in [9.17, 15) is 8.42 Å². The molecule has 8 heteroatoms. The third-order valence-electron chi connectivity index (χ3n) is 5.39. The average molecular weight is 432 g/mol. The molecule has 0 aliphatic heterocycles. The number of pyridine rings is 1. The molecular weight excluding hydrogens is 398 g/mol. The summed E-state index contributed by atoms with van der Waals surface area (Å²) in [5.74, 6) is 0.661. The molecule has 0 amide bonds. The molecule has 3 aromatic rings. The normalized spacial score (nSPS) is 12.2. The van der Waals surface area contributed by atoms with Gasteiger partial charge in [0.25, 0.3) is 0 Å². The predicted octanol–water partition coefficient (Wildman–Crippen LogP) is 4.23. The number of benzene rings is 1. The summed E-state index contributed by atoms with van der Waals surface area (Å²) in [5, 5.41) is 1.03. The highest BCUT2D eigenvalue weighted by molar-refractivity contribution is 7.89. The Balaban J connectivity index is 1.46. The fraction of sp³-hybridized carbons (Fsp3) is 0.545. The van der Waals surface area contributed by atoms with Crippen molar-refractivity contribution in [1.29, 1.82) is 0 Å². The first-order valence-electron chi connectivity index (χ1n) is 11.0. The standard InChI is InChI=1S/C22H33N5O2S/c1-2-3-4-5-6-11-16-30(28,29)25-14-9-10-15-27-17-24-20-21(27)18-12-7-8-13-19(18)26-22(20)23/h7-8,12-13,17,25H,2-6,9-11,14-16H2,1H3,(H2,23,26). The van der Waals surface area contributed by atoms with Gasteiger partial charge in [0, 0.05) is 18.5 Å². The third kappa shape index (κ3) is 5.92. The maximum atomic E-state index is 12.1. The van der Waals surface area contributed by atoms with Crippen molar-refractivity contribution < 1.29 is 8.42 Å². The van der Waals surface area contributed by atoms with E-state index in [1.807, 2.05) is 24.3 Å². The van der Waals surface area contributed by atoms with E-state index >= 15 is 0 Å². The molecule has 0 unspecified atom stereocenters. The number of unbranched alkanes of at least 4 members (excludes halogenated alkanes) is 6. The Bertz CT molecular complexity index is 1060. The monoisotopic (exact) mass is 431 g/mol. The van der Waals surface area contributed by atoms with Crippen LogP contribution in [0.25, 0.3) is 21.9 Å². The topological polar surface area (TPSA) is 103 Å². The molecule has 2 heterocycles. The van der Waals surface area contributed by atoms with Crippen molar-refractivity contribution in [3.8, 4) is 0 Å². The number of fused-ring (bicyclic) bond motifs is 3.